The van der Waals surface area contributed by atoms with Crippen LogP contribution in [-0.4, -0.2) is 11.2 Å². The van der Waals surface area contributed by atoms with Crippen molar-refractivity contribution in [1.82, 2.24) is 0 Å². The van der Waals surface area contributed by atoms with E-state index in [0.717, 1.165) is 17.7 Å². The zero-order valence-electron chi connectivity index (χ0n) is 9.31. The summed E-state index contributed by atoms with van der Waals surface area (Å²) in [5.74, 6) is 0.800. The maximum absolute atomic E-state index is 9.59. The third-order valence-corrected chi connectivity index (χ3v) is 2.31. The minimum Gasteiger partial charge on any atom is -0.487 e. The Hall–Kier alpha value is -1.28. The van der Waals surface area contributed by atoms with Crippen LogP contribution in [-0.2, 0) is 0 Å². The van der Waals surface area contributed by atoms with Gasteiger partial charge in [0.15, 0.2) is 0 Å². The molecular weight excluding hydrogens is 188 g/mol. The van der Waals surface area contributed by atoms with Gasteiger partial charge in [0.05, 0.1) is 6.10 Å². The van der Waals surface area contributed by atoms with E-state index in [-0.39, 0.29) is 12.2 Å². The van der Waals surface area contributed by atoms with Crippen LogP contribution < -0.4 is 4.74 Å². The molecule has 2 nitrogen and oxygen atoms in total. The molecule has 0 bridgehead atoms. The molecular formula is C13H18O2. The first-order chi connectivity index (χ1) is 7.17. The molecule has 1 unspecified atom stereocenters. The standard InChI is InChI=1S/C13H18O2/c1-4-10(3)15-12-8-6-11(7-9-12)13(14)5-2/h4,6-10,13-14H,1,5H2,2-3H3/t10?,13-/m1/s1. The SMILES string of the molecule is C=CC(C)Oc1ccc([C@H](O)CC)cc1. The Balaban J connectivity index is 2.67. The highest BCUT2D eigenvalue weighted by Crippen LogP contribution is 2.20. The minimum absolute atomic E-state index is 0.00643. The second kappa shape index (κ2) is 5.56. The monoisotopic (exact) mass is 206 g/mol. The molecule has 0 radical (unpaired) electrons. The van der Waals surface area contributed by atoms with Gasteiger partial charge in [0, 0.05) is 0 Å². The fourth-order valence-corrected chi connectivity index (χ4v) is 1.27. The number of aliphatic hydroxyl groups is 1. The molecule has 0 spiro atoms. The summed E-state index contributed by atoms with van der Waals surface area (Å²) >= 11 is 0. The van der Waals surface area contributed by atoms with E-state index in [9.17, 15) is 5.11 Å². The predicted molar refractivity (Wildman–Crippen MR) is 62.0 cm³/mol. The highest BCUT2D eigenvalue weighted by molar-refractivity contribution is 5.28. The normalized spacial score (nSPS) is 14.3. The lowest BCUT2D eigenvalue weighted by Crippen LogP contribution is -2.07. The highest BCUT2D eigenvalue weighted by Gasteiger charge is 2.05. The van der Waals surface area contributed by atoms with Crippen LogP contribution in [0.25, 0.3) is 0 Å². The zero-order valence-corrected chi connectivity index (χ0v) is 9.31. The lowest BCUT2D eigenvalue weighted by Gasteiger charge is -2.12. The van der Waals surface area contributed by atoms with E-state index in [1.165, 1.54) is 0 Å². The Morgan fingerprint density at radius 3 is 2.47 bits per heavy atom. The number of hydrogen-bond acceptors (Lipinski definition) is 2. The van der Waals surface area contributed by atoms with E-state index >= 15 is 0 Å². The Morgan fingerprint density at radius 1 is 1.40 bits per heavy atom. The average molecular weight is 206 g/mol. The Kier molecular flexibility index (Phi) is 4.37. The molecule has 82 valence electrons. The van der Waals surface area contributed by atoms with Gasteiger partial charge in [-0.1, -0.05) is 31.7 Å². The van der Waals surface area contributed by atoms with Crippen LogP contribution in [0.4, 0.5) is 0 Å². The highest BCUT2D eigenvalue weighted by atomic mass is 16.5. The van der Waals surface area contributed by atoms with Crippen molar-refractivity contribution < 1.29 is 9.84 Å². The molecule has 1 N–H and O–H groups in total. The molecule has 0 aliphatic heterocycles. The van der Waals surface area contributed by atoms with Gasteiger partial charge >= 0.3 is 0 Å². The van der Waals surface area contributed by atoms with Gasteiger partial charge in [0.25, 0.3) is 0 Å². The van der Waals surface area contributed by atoms with Crippen molar-refractivity contribution in [3.05, 3.63) is 42.5 Å². The molecule has 1 rings (SSSR count). The predicted octanol–water partition coefficient (Wildman–Crippen LogP) is 3.08. The maximum Gasteiger partial charge on any atom is 0.120 e. The van der Waals surface area contributed by atoms with Gasteiger partial charge in [-0.2, -0.15) is 0 Å². The molecule has 0 aliphatic carbocycles. The van der Waals surface area contributed by atoms with Crippen molar-refractivity contribution in [2.75, 3.05) is 0 Å². The van der Waals surface area contributed by atoms with Crippen molar-refractivity contribution in [3.8, 4) is 5.75 Å². The number of rotatable bonds is 5. The van der Waals surface area contributed by atoms with Crippen molar-refractivity contribution in [2.24, 2.45) is 0 Å². The topological polar surface area (TPSA) is 29.5 Å². The third kappa shape index (κ3) is 3.40. The number of ether oxygens (including phenoxy) is 1. The molecule has 0 fully saturated rings. The molecule has 2 atom stereocenters. The Morgan fingerprint density at radius 2 is 2.00 bits per heavy atom. The summed E-state index contributed by atoms with van der Waals surface area (Å²) in [4.78, 5) is 0. The molecule has 0 saturated heterocycles. The van der Waals surface area contributed by atoms with Gasteiger partial charge in [0.2, 0.25) is 0 Å². The van der Waals surface area contributed by atoms with Crippen LogP contribution in [0, 0.1) is 0 Å². The molecule has 0 aromatic heterocycles. The lowest BCUT2D eigenvalue weighted by molar-refractivity contribution is 0.173. The van der Waals surface area contributed by atoms with Crippen molar-refractivity contribution in [3.63, 3.8) is 0 Å². The summed E-state index contributed by atoms with van der Waals surface area (Å²) in [5.41, 5.74) is 0.927. The smallest absolute Gasteiger partial charge is 0.120 e. The van der Waals surface area contributed by atoms with Crippen LogP contribution in [0.3, 0.4) is 0 Å². The van der Waals surface area contributed by atoms with Gasteiger partial charge in [-0.25, -0.2) is 0 Å². The van der Waals surface area contributed by atoms with Gasteiger partial charge in [-0.15, -0.1) is 0 Å². The summed E-state index contributed by atoms with van der Waals surface area (Å²) in [5, 5.41) is 9.59. The summed E-state index contributed by atoms with van der Waals surface area (Å²) in [6.45, 7) is 7.54. The van der Waals surface area contributed by atoms with Crippen LogP contribution >= 0.6 is 0 Å². The number of hydrogen-bond donors (Lipinski definition) is 1. The summed E-state index contributed by atoms with van der Waals surface area (Å²) in [7, 11) is 0. The van der Waals surface area contributed by atoms with E-state index in [4.69, 9.17) is 4.74 Å². The maximum atomic E-state index is 9.59. The fraction of sp³-hybridized carbons (Fsp3) is 0.385. The molecule has 1 aromatic carbocycles. The van der Waals surface area contributed by atoms with E-state index < -0.39 is 0 Å². The molecule has 0 saturated carbocycles. The first-order valence-corrected chi connectivity index (χ1v) is 5.24. The van der Waals surface area contributed by atoms with Crippen molar-refractivity contribution >= 4 is 0 Å². The minimum atomic E-state index is -0.379. The number of aliphatic hydroxyl groups excluding tert-OH is 1. The fourth-order valence-electron chi connectivity index (χ4n) is 1.27. The molecule has 2 heteroatoms. The largest absolute Gasteiger partial charge is 0.487 e. The summed E-state index contributed by atoms with van der Waals surface area (Å²) in [6.07, 6.45) is 2.10. The quantitative estimate of drug-likeness (QED) is 0.750. The summed E-state index contributed by atoms with van der Waals surface area (Å²) < 4.78 is 5.53. The second-order valence-corrected chi connectivity index (χ2v) is 3.55. The molecule has 1 aromatic rings. The molecule has 0 aliphatic rings. The van der Waals surface area contributed by atoms with Crippen molar-refractivity contribution in [1.29, 1.82) is 0 Å². The second-order valence-electron chi connectivity index (χ2n) is 3.55. The van der Waals surface area contributed by atoms with Gasteiger partial charge in [-0.3, -0.25) is 0 Å². The van der Waals surface area contributed by atoms with Gasteiger partial charge in [0.1, 0.15) is 11.9 Å². The first-order valence-electron chi connectivity index (χ1n) is 5.24. The van der Waals surface area contributed by atoms with Gasteiger partial charge < -0.3 is 9.84 Å². The Labute approximate surface area is 91.2 Å². The molecule has 15 heavy (non-hydrogen) atoms. The molecule has 0 heterocycles. The summed E-state index contributed by atoms with van der Waals surface area (Å²) in [6, 6.07) is 7.51. The zero-order chi connectivity index (χ0) is 11.3. The van der Waals surface area contributed by atoms with Crippen LogP contribution in [0.15, 0.2) is 36.9 Å². The number of benzene rings is 1. The van der Waals surface area contributed by atoms with Gasteiger partial charge in [-0.05, 0) is 31.0 Å². The van der Waals surface area contributed by atoms with E-state index in [2.05, 4.69) is 6.58 Å². The van der Waals surface area contributed by atoms with Crippen molar-refractivity contribution in [2.45, 2.75) is 32.5 Å². The van der Waals surface area contributed by atoms with E-state index in [0.29, 0.717) is 0 Å². The van der Waals surface area contributed by atoms with Crippen LogP contribution in [0.5, 0.6) is 5.75 Å². The Bertz CT molecular complexity index is 303. The molecule has 0 amide bonds. The first kappa shape index (κ1) is 11.8. The lowest BCUT2D eigenvalue weighted by atomic mass is 10.1. The van der Waals surface area contributed by atoms with Crippen LogP contribution in [0.1, 0.15) is 31.9 Å². The van der Waals surface area contributed by atoms with E-state index in [1.807, 2.05) is 38.1 Å². The van der Waals surface area contributed by atoms with E-state index in [1.54, 1.807) is 6.08 Å². The third-order valence-electron chi connectivity index (χ3n) is 2.31. The average Bonchev–Trinajstić information content (AvgIpc) is 2.29. The van der Waals surface area contributed by atoms with Crippen LogP contribution in [0.2, 0.25) is 0 Å².